The number of fused-ring (bicyclic) bond motifs is 2. The van der Waals surface area contributed by atoms with Crippen LogP contribution in [-0.2, 0) is 16.4 Å². The van der Waals surface area contributed by atoms with Gasteiger partial charge in [-0.05, 0) is 31.7 Å². The van der Waals surface area contributed by atoms with Crippen molar-refractivity contribution in [3.8, 4) is 0 Å². The zero-order valence-electron chi connectivity index (χ0n) is 11.5. The molecule has 1 aromatic rings. The fourth-order valence-corrected chi connectivity index (χ4v) is 5.72. The quantitative estimate of drug-likeness (QED) is 0.900. The molecule has 2 aliphatic heterocycles. The molecule has 0 spiro atoms. The van der Waals surface area contributed by atoms with E-state index in [9.17, 15) is 9.32 Å². The van der Waals surface area contributed by atoms with Crippen LogP contribution in [-0.4, -0.2) is 33.9 Å². The second kappa shape index (κ2) is 4.60. The van der Waals surface area contributed by atoms with Crippen LogP contribution in [0.1, 0.15) is 31.2 Å². The molecule has 19 heavy (non-hydrogen) atoms. The number of hydrogen-bond donors (Lipinski definition) is 1. The summed E-state index contributed by atoms with van der Waals surface area (Å²) in [6, 6.07) is 8.04. The van der Waals surface area contributed by atoms with E-state index in [-0.39, 0.29) is 10.5 Å². The predicted molar refractivity (Wildman–Crippen MR) is 78.9 cm³/mol. The average Bonchev–Trinajstić information content (AvgIpc) is 2.63. The summed E-state index contributed by atoms with van der Waals surface area (Å²) in [5.41, 5.74) is 1.26. The standard InChI is InChI=1S/C15H21NO2S/c1-16(2)14-6-4-3-5-13(14)15(17)9-11-7-8-12(10-15)19(11)18/h3-6,11-12,17H,7-10H2,1-2H3. The third-order valence-corrected chi connectivity index (χ3v) is 6.60. The largest absolute Gasteiger partial charge is 0.385 e. The van der Waals surface area contributed by atoms with Gasteiger partial charge in [0.1, 0.15) is 0 Å². The Labute approximate surface area is 117 Å². The molecular formula is C15H21NO2S. The molecule has 0 aromatic heterocycles. The molecule has 2 unspecified atom stereocenters. The summed E-state index contributed by atoms with van der Waals surface area (Å²) in [6.45, 7) is 0. The van der Waals surface area contributed by atoms with Crippen LogP contribution in [0.2, 0.25) is 0 Å². The van der Waals surface area contributed by atoms with Crippen molar-refractivity contribution in [2.75, 3.05) is 19.0 Å². The number of anilines is 1. The van der Waals surface area contributed by atoms with Gasteiger partial charge >= 0.3 is 0 Å². The summed E-state index contributed by atoms with van der Waals surface area (Å²) < 4.78 is 12.1. The van der Waals surface area contributed by atoms with Gasteiger partial charge < -0.3 is 10.0 Å². The molecule has 0 saturated carbocycles. The van der Waals surface area contributed by atoms with E-state index in [1.165, 1.54) is 0 Å². The van der Waals surface area contributed by atoms with Crippen LogP contribution in [0.25, 0.3) is 0 Å². The van der Waals surface area contributed by atoms with Gasteiger partial charge in [0.25, 0.3) is 0 Å². The number of para-hydroxylation sites is 1. The van der Waals surface area contributed by atoms with Crippen LogP contribution in [0.4, 0.5) is 5.69 Å². The molecule has 2 aliphatic rings. The van der Waals surface area contributed by atoms with E-state index in [0.29, 0.717) is 12.8 Å². The van der Waals surface area contributed by atoms with Crippen molar-refractivity contribution in [1.82, 2.24) is 0 Å². The fraction of sp³-hybridized carbons (Fsp3) is 0.600. The minimum atomic E-state index is -0.805. The summed E-state index contributed by atoms with van der Waals surface area (Å²) in [5.74, 6) is 0. The van der Waals surface area contributed by atoms with Gasteiger partial charge in [0.2, 0.25) is 0 Å². The second-order valence-corrected chi connectivity index (χ2v) is 7.99. The van der Waals surface area contributed by atoms with E-state index in [4.69, 9.17) is 0 Å². The third-order valence-electron chi connectivity index (χ3n) is 4.49. The zero-order valence-corrected chi connectivity index (χ0v) is 12.3. The highest BCUT2D eigenvalue weighted by atomic mass is 32.2. The van der Waals surface area contributed by atoms with Gasteiger partial charge in [-0.1, -0.05) is 18.2 Å². The van der Waals surface area contributed by atoms with Crippen LogP contribution in [0.15, 0.2) is 24.3 Å². The van der Waals surface area contributed by atoms with Crippen LogP contribution in [0.5, 0.6) is 0 Å². The Morgan fingerprint density at radius 1 is 1.21 bits per heavy atom. The summed E-state index contributed by atoms with van der Waals surface area (Å²) >= 11 is 0. The first-order valence-electron chi connectivity index (χ1n) is 6.90. The molecule has 0 amide bonds. The maximum atomic E-state index is 12.1. The molecule has 104 valence electrons. The van der Waals surface area contributed by atoms with Crippen molar-refractivity contribution >= 4 is 16.5 Å². The number of aliphatic hydroxyl groups is 1. The van der Waals surface area contributed by atoms with Crippen LogP contribution in [0.3, 0.4) is 0 Å². The van der Waals surface area contributed by atoms with E-state index >= 15 is 0 Å². The zero-order chi connectivity index (χ0) is 13.6. The molecule has 2 atom stereocenters. The average molecular weight is 279 g/mol. The highest BCUT2D eigenvalue weighted by Gasteiger charge is 2.49. The van der Waals surface area contributed by atoms with Gasteiger partial charge in [-0.25, -0.2) is 0 Å². The van der Waals surface area contributed by atoms with Gasteiger partial charge in [-0.3, -0.25) is 4.21 Å². The maximum Gasteiger partial charge on any atom is 0.0939 e. The first-order chi connectivity index (χ1) is 9.01. The first-order valence-corrected chi connectivity index (χ1v) is 8.17. The molecule has 4 heteroatoms. The maximum absolute atomic E-state index is 12.1. The number of hydrogen-bond acceptors (Lipinski definition) is 3. The van der Waals surface area contributed by atoms with Gasteiger partial charge in [0.15, 0.2) is 0 Å². The SMILES string of the molecule is CN(C)c1ccccc1C1(O)CC2CCC(C1)S2=O. The molecule has 0 radical (unpaired) electrons. The molecule has 2 saturated heterocycles. The van der Waals surface area contributed by atoms with Crippen molar-refractivity contribution in [2.45, 2.75) is 41.8 Å². The Hall–Kier alpha value is -0.870. The van der Waals surface area contributed by atoms with Crippen LogP contribution in [0, 0.1) is 0 Å². The van der Waals surface area contributed by atoms with Crippen molar-refractivity contribution in [3.63, 3.8) is 0 Å². The molecule has 0 aliphatic carbocycles. The van der Waals surface area contributed by atoms with Crippen molar-refractivity contribution < 1.29 is 9.32 Å². The Bertz CT molecular complexity index is 499. The lowest BCUT2D eigenvalue weighted by atomic mass is 9.84. The molecule has 1 N–H and O–H groups in total. The van der Waals surface area contributed by atoms with Crippen molar-refractivity contribution in [3.05, 3.63) is 29.8 Å². The smallest absolute Gasteiger partial charge is 0.0939 e. The van der Waals surface area contributed by atoms with Crippen molar-refractivity contribution in [1.29, 1.82) is 0 Å². The topological polar surface area (TPSA) is 40.5 Å². The number of nitrogens with zero attached hydrogens (tertiary/aromatic N) is 1. The van der Waals surface area contributed by atoms with Gasteiger partial charge in [0, 0.05) is 46.6 Å². The fourth-order valence-electron chi connectivity index (χ4n) is 3.56. The molecule has 3 nitrogen and oxygen atoms in total. The Morgan fingerprint density at radius 2 is 1.79 bits per heavy atom. The lowest BCUT2D eigenvalue weighted by Crippen LogP contribution is -2.41. The monoisotopic (exact) mass is 279 g/mol. The molecule has 2 heterocycles. The van der Waals surface area contributed by atoms with E-state index in [1.807, 2.05) is 43.3 Å². The van der Waals surface area contributed by atoms with E-state index in [0.717, 1.165) is 24.1 Å². The Balaban J connectivity index is 2.00. The van der Waals surface area contributed by atoms with Crippen LogP contribution >= 0.6 is 0 Å². The molecule has 2 fully saturated rings. The summed E-state index contributed by atoms with van der Waals surface area (Å²) in [7, 11) is 3.27. The Kier molecular flexibility index (Phi) is 3.18. The van der Waals surface area contributed by atoms with E-state index in [2.05, 4.69) is 0 Å². The number of rotatable bonds is 2. The first kappa shape index (κ1) is 13.1. The van der Waals surface area contributed by atoms with Crippen molar-refractivity contribution in [2.24, 2.45) is 0 Å². The predicted octanol–water partition coefficient (Wildman–Crippen LogP) is 2.01. The van der Waals surface area contributed by atoms with E-state index in [1.54, 1.807) is 0 Å². The summed E-state index contributed by atoms with van der Waals surface area (Å²) in [6.07, 6.45) is 3.29. The minimum Gasteiger partial charge on any atom is -0.385 e. The van der Waals surface area contributed by atoms with Crippen LogP contribution < -0.4 is 4.90 Å². The van der Waals surface area contributed by atoms with Gasteiger partial charge in [0.05, 0.1) is 5.60 Å². The normalized spacial score (nSPS) is 37.3. The second-order valence-electron chi connectivity index (χ2n) is 6.00. The summed E-state index contributed by atoms with van der Waals surface area (Å²) in [4.78, 5) is 2.04. The van der Waals surface area contributed by atoms with Gasteiger partial charge in [-0.15, -0.1) is 0 Å². The number of benzene rings is 1. The minimum absolute atomic E-state index is 0.180. The summed E-state index contributed by atoms with van der Waals surface area (Å²) in [5, 5.41) is 11.5. The highest BCUT2D eigenvalue weighted by molar-refractivity contribution is 7.86. The van der Waals surface area contributed by atoms with Gasteiger partial charge in [-0.2, -0.15) is 0 Å². The molecule has 1 aromatic carbocycles. The lowest BCUT2D eigenvalue weighted by molar-refractivity contribution is 0.0189. The lowest BCUT2D eigenvalue weighted by Gasteiger charge is -2.38. The molecular weight excluding hydrogens is 258 g/mol. The Morgan fingerprint density at radius 3 is 2.37 bits per heavy atom. The third kappa shape index (κ3) is 2.11. The highest BCUT2D eigenvalue weighted by Crippen LogP contribution is 2.47. The molecule has 2 bridgehead atoms. The molecule has 3 rings (SSSR count). The van der Waals surface area contributed by atoms with E-state index < -0.39 is 16.4 Å².